The molecule has 4 atom stereocenters. The first-order chi connectivity index (χ1) is 16.6. The van der Waals surface area contributed by atoms with Crippen molar-refractivity contribution in [2.24, 2.45) is 0 Å². The standard InChI is InChI=1S/C26H31N5O2S/c1-4-33-21-15-13-19(14-16-21)22-23(25(32)30-17(2)9-8-10-18(30)3)34-26-28-27-24(31(26)29-22)20-11-6-5-7-12-20/h5-7,11-18,22-23,29H,4,8-10H2,1-3H3. The Bertz CT molecular complexity index is 1120. The molecule has 34 heavy (non-hydrogen) atoms. The van der Waals surface area contributed by atoms with Crippen LogP contribution in [0.25, 0.3) is 11.4 Å². The van der Waals surface area contributed by atoms with E-state index in [1.54, 1.807) is 0 Å². The van der Waals surface area contributed by atoms with Crippen LogP contribution in [0.4, 0.5) is 0 Å². The van der Waals surface area contributed by atoms with Gasteiger partial charge in [0.05, 0.1) is 12.6 Å². The zero-order valence-corrected chi connectivity index (χ0v) is 20.7. The minimum absolute atomic E-state index is 0.159. The number of hydrogen-bond donors (Lipinski definition) is 1. The number of nitrogens with zero attached hydrogens (tertiary/aromatic N) is 4. The summed E-state index contributed by atoms with van der Waals surface area (Å²) in [6.45, 7) is 6.92. The number of amides is 1. The molecule has 1 saturated heterocycles. The van der Waals surface area contributed by atoms with E-state index in [0.717, 1.165) is 35.5 Å². The van der Waals surface area contributed by atoms with E-state index in [2.05, 4.69) is 34.4 Å². The zero-order chi connectivity index (χ0) is 23.7. The second-order valence-electron chi connectivity index (χ2n) is 9.03. The van der Waals surface area contributed by atoms with Gasteiger partial charge in [0, 0.05) is 17.6 Å². The molecule has 2 aliphatic rings. The van der Waals surface area contributed by atoms with Crippen LogP contribution >= 0.6 is 11.8 Å². The molecule has 7 nitrogen and oxygen atoms in total. The van der Waals surface area contributed by atoms with Gasteiger partial charge < -0.3 is 15.1 Å². The van der Waals surface area contributed by atoms with Gasteiger partial charge in [-0.25, -0.2) is 4.68 Å². The third-order valence-corrected chi connectivity index (χ3v) is 7.91. The molecule has 8 heteroatoms. The van der Waals surface area contributed by atoms with Crippen LogP contribution < -0.4 is 10.2 Å². The van der Waals surface area contributed by atoms with Crippen LogP contribution in [0.1, 0.15) is 51.6 Å². The molecule has 0 bridgehead atoms. The molecule has 2 aliphatic heterocycles. The second kappa shape index (κ2) is 9.70. The molecule has 5 rings (SSSR count). The van der Waals surface area contributed by atoms with E-state index in [0.29, 0.717) is 11.8 Å². The highest BCUT2D eigenvalue weighted by Crippen LogP contribution is 2.41. The summed E-state index contributed by atoms with van der Waals surface area (Å²) in [6, 6.07) is 18.3. The van der Waals surface area contributed by atoms with Crippen molar-refractivity contribution in [1.29, 1.82) is 0 Å². The molecular weight excluding hydrogens is 446 g/mol. The number of ether oxygens (including phenoxy) is 1. The lowest BCUT2D eigenvalue weighted by Crippen LogP contribution is -2.53. The van der Waals surface area contributed by atoms with E-state index in [4.69, 9.17) is 4.74 Å². The van der Waals surface area contributed by atoms with Gasteiger partial charge in [0.2, 0.25) is 11.1 Å². The van der Waals surface area contributed by atoms with E-state index < -0.39 is 0 Å². The Labute approximate surface area is 204 Å². The maximum Gasteiger partial charge on any atom is 0.239 e. The van der Waals surface area contributed by atoms with Gasteiger partial charge in [-0.15, -0.1) is 10.2 Å². The average molecular weight is 478 g/mol. The van der Waals surface area contributed by atoms with Gasteiger partial charge in [0.25, 0.3) is 0 Å². The molecule has 1 aromatic heterocycles. The molecule has 0 saturated carbocycles. The maximum atomic E-state index is 14.0. The van der Waals surface area contributed by atoms with E-state index in [1.807, 2.05) is 66.2 Å². The number of hydrogen-bond acceptors (Lipinski definition) is 6. The Morgan fingerprint density at radius 3 is 2.44 bits per heavy atom. The maximum absolute atomic E-state index is 14.0. The molecule has 1 N–H and O–H groups in total. The van der Waals surface area contributed by atoms with Crippen LogP contribution in [-0.4, -0.2) is 49.6 Å². The van der Waals surface area contributed by atoms with Gasteiger partial charge in [0.1, 0.15) is 11.0 Å². The number of carbonyl (C=O) groups is 1. The monoisotopic (exact) mass is 477 g/mol. The molecule has 3 heterocycles. The van der Waals surface area contributed by atoms with E-state index in [-0.39, 0.29) is 29.3 Å². The first-order valence-electron chi connectivity index (χ1n) is 12.1. The number of aromatic nitrogens is 3. The van der Waals surface area contributed by atoms with Crippen molar-refractivity contribution in [2.75, 3.05) is 12.0 Å². The minimum atomic E-state index is -0.346. The van der Waals surface area contributed by atoms with Crippen molar-refractivity contribution in [3.05, 3.63) is 60.2 Å². The highest BCUT2D eigenvalue weighted by molar-refractivity contribution is 8.00. The fourth-order valence-corrected chi connectivity index (χ4v) is 6.14. The highest BCUT2D eigenvalue weighted by Gasteiger charge is 2.42. The summed E-state index contributed by atoms with van der Waals surface area (Å²) in [4.78, 5) is 16.1. The number of thioether (sulfide) groups is 1. The second-order valence-corrected chi connectivity index (χ2v) is 10.1. The predicted molar refractivity (Wildman–Crippen MR) is 134 cm³/mol. The van der Waals surface area contributed by atoms with Gasteiger partial charge in [-0.2, -0.15) is 0 Å². The third kappa shape index (κ3) is 4.27. The zero-order valence-electron chi connectivity index (χ0n) is 19.8. The number of nitrogens with one attached hydrogen (secondary N) is 1. The summed E-state index contributed by atoms with van der Waals surface area (Å²) in [7, 11) is 0. The minimum Gasteiger partial charge on any atom is -0.494 e. The summed E-state index contributed by atoms with van der Waals surface area (Å²) in [5.41, 5.74) is 5.60. The van der Waals surface area contributed by atoms with E-state index in [1.165, 1.54) is 18.2 Å². The molecule has 4 unspecified atom stereocenters. The lowest BCUT2D eigenvalue weighted by atomic mass is 9.95. The van der Waals surface area contributed by atoms with Crippen LogP contribution in [0.15, 0.2) is 59.8 Å². The summed E-state index contributed by atoms with van der Waals surface area (Å²) < 4.78 is 7.57. The fraction of sp³-hybridized carbons (Fsp3) is 0.423. The molecule has 1 fully saturated rings. The lowest BCUT2D eigenvalue weighted by molar-refractivity contribution is -0.137. The molecule has 0 spiro atoms. The summed E-state index contributed by atoms with van der Waals surface area (Å²) >= 11 is 1.50. The van der Waals surface area contributed by atoms with Gasteiger partial charge >= 0.3 is 0 Å². The van der Waals surface area contributed by atoms with Crippen molar-refractivity contribution < 1.29 is 9.53 Å². The number of likely N-dealkylation sites (tertiary alicyclic amines) is 1. The molecule has 1 amide bonds. The Morgan fingerprint density at radius 1 is 1.06 bits per heavy atom. The molecule has 0 radical (unpaired) electrons. The normalized spacial score (nSPS) is 24.3. The SMILES string of the molecule is CCOc1ccc(C2Nn3c(nnc3-c3ccccc3)SC2C(=O)N2C(C)CCCC2C)cc1. The third-order valence-electron chi connectivity index (χ3n) is 6.71. The number of benzene rings is 2. The molecule has 2 aromatic carbocycles. The quantitative estimate of drug-likeness (QED) is 0.564. The van der Waals surface area contributed by atoms with Crippen molar-refractivity contribution in [1.82, 2.24) is 19.8 Å². The van der Waals surface area contributed by atoms with Crippen LogP contribution in [0.5, 0.6) is 5.75 Å². The molecule has 0 aliphatic carbocycles. The lowest BCUT2D eigenvalue weighted by Gasteiger charge is -2.43. The number of carbonyl (C=O) groups excluding carboxylic acids is 1. The Balaban J connectivity index is 1.53. The van der Waals surface area contributed by atoms with Crippen molar-refractivity contribution in [3.63, 3.8) is 0 Å². The molecular formula is C26H31N5O2S. The van der Waals surface area contributed by atoms with Gasteiger partial charge in [-0.05, 0) is 57.7 Å². The van der Waals surface area contributed by atoms with Crippen LogP contribution in [-0.2, 0) is 4.79 Å². The van der Waals surface area contributed by atoms with E-state index in [9.17, 15) is 4.79 Å². The van der Waals surface area contributed by atoms with Crippen molar-refractivity contribution in [2.45, 2.75) is 68.6 Å². The first-order valence-corrected chi connectivity index (χ1v) is 12.9. The van der Waals surface area contributed by atoms with Crippen LogP contribution in [0, 0.1) is 0 Å². The molecule has 3 aromatic rings. The Hall–Kier alpha value is -3.00. The number of fused-ring (bicyclic) bond motifs is 1. The van der Waals surface area contributed by atoms with Crippen LogP contribution in [0.2, 0.25) is 0 Å². The summed E-state index contributed by atoms with van der Waals surface area (Å²) in [6.07, 6.45) is 3.26. The average Bonchev–Trinajstić information content (AvgIpc) is 3.27. The topological polar surface area (TPSA) is 72.3 Å². The highest BCUT2D eigenvalue weighted by atomic mass is 32.2. The van der Waals surface area contributed by atoms with Crippen LogP contribution in [0.3, 0.4) is 0 Å². The predicted octanol–water partition coefficient (Wildman–Crippen LogP) is 4.89. The molecule has 178 valence electrons. The Kier molecular flexibility index (Phi) is 6.50. The van der Waals surface area contributed by atoms with Crippen molar-refractivity contribution in [3.8, 4) is 17.1 Å². The van der Waals surface area contributed by atoms with E-state index >= 15 is 0 Å². The largest absolute Gasteiger partial charge is 0.494 e. The van der Waals surface area contributed by atoms with Gasteiger partial charge in [0.15, 0.2) is 5.82 Å². The van der Waals surface area contributed by atoms with Gasteiger partial charge in [-0.1, -0.05) is 54.2 Å². The fourth-order valence-electron chi connectivity index (χ4n) is 5.01. The number of piperidine rings is 1. The van der Waals surface area contributed by atoms with Crippen molar-refractivity contribution >= 4 is 17.7 Å². The number of rotatable bonds is 5. The summed E-state index contributed by atoms with van der Waals surface area (Å²) in [5, 5.41) is 9.25. The summed E-state index contributed by atoms with van der Waals surface area (Å²) in [5.74, 6) is 1.72. The first kappa shape index (κ1) is 22.8. The smallest absolute Gasteiger partial charge is 0.239 e. The Morgan fingerprint density at radius 2 is 1.76 bits per heavy atom. The van der Waals surface area contributed by atoms with Gasteiger partial charge in [-0.3, -0.25) is 4.79 Å².